The summed E-state index contributed by atoms with van der Waals surface area (Å²) in [5, 5.41) is 6.83. The fourth-order valence-electron chi connectivity index (χ4n) is 2.31. The first-order valence-corrected chi connectivity index (χ1v) is 5.96. The third-order valence-electron chi connectivity index (χ3n) is 3.57. The van der Waals surface area contributed by atoms with Gasteiger partial charge in [-0.1, -0.05) is 5.16 Å². The SMILES string of the molecule is Cc1noc(C)c1C(C)NC(=O)C1(N)CCC1. The van der Waals surface area contributed by atoms with Gasteiger partial charge in [-0.25, -0.2) is 0 Å². The lowest BCUT2D eigenvalue weighted by Crippen LogP contribution is -2.58. The van der Waals surface area contributed by atoms with Crippen molar-refractivity contribution in [1.82, 2.24) is 10.5 Å². The van der Waals surface area contributed by atoms with Gasteiger partial charge in [-0.15, -0.1) is 0 Å². The van der Waals surface area contributed by atoms with Crippen molar-refractivity contribution in [3.05, 3.63) is 17.0 Å². The molecule has 0 radical (unpaired) electrons. The molecule has 5 nitrogen and oxygen atoms in total. The van der Waals surface area contributed by atoms with Crippen molar-refractivity contribution in [2.75, 3.05) is 0 Å². The monoisotopic (exact) mass is 237 g/mol. The summed E-state index contributed by atoms with van der Waals surface area (Å²) >= 11 is 0. The Kier molecular flexibility index (Phi) is 2.95. The molecule has 3 N–H and O–H groups in total. The van der Waals surface area contributed by atoms with E-state index in [1.165, 1.54) is 0 Å². The number of carbonyl (C=O) groups is 1. The van der Waals surface area contributed by atoms with Crippen LogP contribution in [0.1, 0.15) is 49.2 Å². The van der Waals surface area contributed by atoms with E-state index in [1.807, 2.05) is 20.8 Å². The number of amides is 1. The Balaban J connectivity index is 2.07. The minimum atomic E-state index is -0.659. The number of nitrogens with one attached hydrogen (secondary N) is 1. The molecule has 1 aromatic heterocycles. The van der Waals surface area contributed by atoms with Crippen LogP contribution in [0.25, 0.3) is 0 Å². The van der Waals surface area contributed by atoms with E-state index < -0.39 is 5.54 Å². The predicted molar refractivity (Wildman–Crippen MR) is 63.3 cm³/mol. The zero-order valence-corrected chi connectivity index (χ0v) is 10.5. The van der Waals surface area contributed by atoms with Gasteiger partial charge < -0.3 is 15.6 Å². The molecule has 0 saturated heterocycles. The van der Waals surface area contributed by atoms with Crippen molar-refractivity contribution in [3.63, 3.8) is 0 Å². The van der Waals surface area contributed by atoms with Gasteiger partial charge >= 0.3 is 0 Å². The summed E-state index contributed by atoms with van der Waals surface area (Å²) in [5.74, 6) is 0.672. The van der Waals surface area contributed by atoms with E-state index in [9.17, 15) is 4.79 Å². The van der Waals surface area contributed by atoms with E-state index in [0.717, 1.165) is 36.3 Å². The minimum Gasteiger partial charge on any atom is -0.361 e. The minimum absolute atomic E-state index is 0.0729. The van der Waals surface area contributed by atoms with Gasteiger partial charge in [-0.05, 0) is 40.0 Å². The van der Waals surface area contributed by atoms with Crippen LogP contribution in [0.15, 0.2) is 4.52 Å². The molecule has 0 aromatic carbocycles. The average Bonchev–Trinajstić information content (AvgIpc) is 2.54. The Morgan fingerprint density at radius 3 is 2.59 bits per heavy atom. The van der Waals surface area contributed by atoms with E-state index in [-0.39, 0.29) is 11.9 Å². The predicted octanol–water partition coefficient (Wildman–Crippen LogP) is 1.35. The fraction of sp³-hybridized carbons (Fsp3) is 0.667. The van der Waals surface area contributed by atoms with Crippen molar-refractivity contribution in [2.24, 2.45) is 5.73 Å². The van der Waals surface area contributed by atoms with E-state index in [0.29, 0.717) is 0 Å². The van der Waals surface area contributed by atoms with Crippen LogP contribution < -0.4 is 11.1 Å². The lowest BCUT2D eigenvalue weighted by molar-refractivity contribution is -0.129. The Morgan fingerprint density at radius 1 is 1.53 bits per heavy atom. The van der Waals surface area contributed by atoms with Crippen LogP contribution in [0, 0.1) is 13.8 Å². The molecule has 1 saturated carbocycles. The van der Waals surface area contributed by atoms with Crippen LogP contribution in [0.4, 0.5) is 0 Å². The summed E-state index contributed by atoms with van der Waals surface area (Å²) in [4.78, 5) is 12.0. The summed E-state index contributed by atoms with van der Waals surface area (Å²) in [6.07, 6.45) is 2.57. The molecule has 0 bridgehead atoms. The smallest absolute Gasteiger partial charge is 0.240 e. The molecule has 1 heterocycles. The Morgan fingerprint density at radius 2 is 2.18 bits per heavy atom. The third kappa shape index (κ3) is 2.07. The molecule has 1 atom stereocenters. The van der Waals surface area contributed by atoms with Crippen molar-refractivity contribution in [3.8, 4) is 0 Å². The molecule has 2 rings (SSSR count). The summed E-state index contributed by atoms with van der Waals surface area (Å²) in [6.45, 7) is 5.64. The van der Waals surface area contributed by atoms with Crippen LogP contribution in [-0.2, 0) is 4.79 Å². The van der Waals surface area contributed by atoms with Gasteiger partial charge in [0, 0.05) is 5.56 Å². The number of nitrogens with two attached hydrogens (primary N) is 1. The van der Waals surface area contributed by atoms with Crippen LogP contribution in [0.3, 0.4) is 0 Å². The number of carbonyl (C=O) groups excluding carboxylic acids is 1. The first-order chi connectivity index (χ1) is 7.94. The summed E-state index contributed by atoms with van der Waals surface area (Å²) in [5.41, 5.74) is 7.07. The lowest BCUT2D eigenvalue weighted by atomic mass is 9.77. The molecule has 1 aliphatic carbocycles. The molecule has 1 unspecified atom stereocenters. The maximum Gasteiger partial charge on any atom is 0.240 e. The zero-order chi connectivity index (χ0) is 12.6. The first-order valence-electron chi connectivity index (χ1n) is 5.96. The second-order valence-electron chi connectivity index (χ2n) is 4.94. The van der Waals surface area contributed by atoms with Crippen molar-refractivity contribution >= 4 is 5.91 Å². The Labute approximate surface area is 101 Å². The summed E-state index contributed by atoms with van der Waals surface area (Å²) < 4.78 is 5.09. The number of nitrogens with zero attached hydrogens (tertiary/aromatic N) is 1. The highest BCUT2D eigenvalue weighted by Crippen LogP contribution is 2.30. The zero-order valence-electron chi connectivity index (χ0n) is 10.5. The summed E-state index contributed by atoms with van der Waals surface area (Å²) in [7, 11) is 0. The molecule has 1 amide bonds. The van der Waals surface area contributed by atoms with E-state index in [2.05, 4.69) is 10.5 Å². The molecule has 0 spiro atoms. The van der Waals surface area contributed by atoms with Crippen molar-refractivity contribution in [1.29, 1.82) is 0 Å². The second kappa shape index (κ2) is 4.14. The number of aromatic nitrogens is 1. The summed E-state index contributed by atoms with van der Waals surface area (Å²) in [6, 6.07) is -0.116. The van der Waals surface area contributed by atoms with Gasteiger partial charge in [0.15, 0.2) is 0 Å². The molecule has 17 heavy (non-hydrogen) atoms. The molecule has 0 aliphatic heterocycles. The van der Waals surface area contributed by atoms with Gasteiger partial charge in [-0.2, -0.15) is 0 Å². The molecule has 94 valence electrons. The van der Waals surface area contributed by atoms with Gasteiger partial charge in [0.2, 0.25) is 5.91 Å². The van der Waals surface area contributed by atoms with Gasteiger partial charge in [0.25, 0.3) is 0 Å². The maximum absolute atomic E-state index is 12.0. The molecule has 1 aromatic rings. The highest BCUT2D eigenvalue weighted by molar-refractivity contribution is 5.87. The van der Waals surface area contributed by atoms with Crippen molar-refractivity contribution in [2.45, 2.75) is 51.6 Å². The average molecular weight is 237 g/mol. The van der Waals surface area contributed by atoms with Gasteiger partial charge in [0.1, 0.15) is 5.76 Å². The molecule has 5 heteroatoms. The standard InChI is InChI=1S/C12H19N3O2/c1-7(10-8(2)15-17-9(10)3)14-11(16)12(13)5-4-6-12/h7H,4-6,13H2,1-3H3,(H,14,16). The molecule has 1 aliphatic rings. The quantitative estimate of drug-likeness (QED) is 0.831. The second-order valence-corrected chi connectivity index (χ2v) is 4.94. The highest BCUT2D eigenvalue weighted by atomic mass is 16.5. The molecule has 1 fully saturated rings. The first kappa shape index (κ1) is 12.1. The van der Waals surface area contributed by atoms with Crippen LogP contribution in [-0.4, -0.2) is 16.6 Å². The Bertz CT molecular complexity index is 415. The highest BCUT2D eigenvalue weighted by Gasteiger charge is 2.40. The van der Waals surface area contributed by atoms with E-state index in [1.54, 1.807) is 0 Å². The van der Waals surface area contributed by atoms with Gasteiger partial charge in [0.05, 0.1) is 17.3 Å². The number of rotatable bonds is 3. The van der Waals surface area contributed by atoms with Crippen LogP contribution in [0.2, 0.25) is 0 Å². The van der Waals surface area contributed by atoms with Crippen LogP contribution in [0.5, 0.6) is 0 Å². The number of hydrogen-bond donors (Lipinski definition) is 2. The normalized spacial score (nSPS) is 19.5. The lowest BCUT2D eigenvalue weighted by Gasteiger charge is -2.37. The topological polar surface area (TPSA) is 81.2 Å². The third-order valence-corrected chi connectivity index (χ3v) is 3.57. The van der Waals surface area contributed by atoms with E-state index in [4.69, 9.17) is 10.3 Å². The van der Waals surface area contributed by atoms with E-state index >= 15 is 0 Å². The largest absolute Gasteiger partial charge is 0.361 e. The van der Waals surface area contributed by atoms with Gasteiger partial charge in [-0.3, -0.25) is 4.79 Å². The van der Waals surface area contributed by atoms with Crippen LogP contribution >= 0.6 is 0 Å². The molecular weight excluding hydrogens is 218 g/mol. The fourth-order valence-corrected chi connectivity index (χ4v) is 2.31. The number of hydrogen-bond acceptors (Lipinski definition) is 4. The maximum atomic E-state index is 12.0. The molecular formula is C12H19N3O2. The van der Waals surface area contributed by atoms with Crippen molar-refractivity contribution < 1.29 is 9.32 Å². The number of aryl methyl sites for hydroxylation is 2. The Hall–Kier alpha value is -1.36.